The number of thiocarbonyl (C=S) groups is 1. The van der Waals surface area contributed by atoms with Crippen LogP contribution in [0.4, 0.5) is 0 Å². The molecule has 1 aromatic rings. The van der Waals surface area contributed by atoms with Crippen molar-refractivity contribution in [2.75, 3.05) is 33.2 Å². The molecule has 1 amide bonds. The Morgan fingerprint density at radius 1 is 1.39 bits per heavy atom. The Morgan fingerprint density at radius 2 is 2.06 bits per heavy atom. The van der Waals surface area contributed by atoms with E-state index in [9.17, 15) is 4.79 Å². The molecule has 0 atom stereocenters. The van der Waals surface area contributed by atoms with Gasteiger partial charge in [-0.1, -0.05) is 12.2 Å². The summed E-state index contributed by atoms with van der Waals surface area (Å²) in [6, 6.07) is 3.69. The molecule has 98 valence electrons. The summed E-state index contributed by atoms with van der Waals surface area (Å²) in [6.45, 7) is 3.75. The van der Waals surface area contributed by atoms with Crippen LogP contribution in [-0.4, -0.2) is 58.5 Å². The topological polar surface area (TPSA) is 54.5 Å². The Morgan fingerprint density at radius 3 is 2.67 bits per heavy atom. The van der Waals surface area contributed by atoms with E-state index in [0.717, 1.165) is 31.9 Å². The number of nitrogens with two attached hydrogens (primary N) is 1. The summed E-state index contributed by atoms with van der Waals surface area (Å²) in [5.41, 5.74) is 6.35. The van der Waals surface area contributed by atoms with Crippen molar-refractivity contribution in [1.29, 1.82) is 0 Å². The van der Waals surface area contributed by atoms with Crippen molar-refractivity contribution in [2.24, 2.45) is 5.73 Å². The zero-order chi connectivity index (χ0) is 13.1. The van der Waals surface area contributed by atoms with Crippen LogP contribution in [0.2, 0.25) is 0 Å². The van der Waals surface area contributed by atoms with Crippen molar-refractivity contribution in [1.82, 2.24) is 14.4 Å². The fourth-order valence-electron chi connectivity index (χ4n) is 2.08. The van der Waals surface area contributed by atoms with Crippen LogP contribution in [0.3, 0.4) is 0 Å². The summed E-state index contributed by atoms with van der Waals surface area (Å²) in [4.78, 5) is 16.6. The van der Waals surface area contributed by atoms with Gasteiger partial charge in [0.2, 0.25) is 5.91 Å². The maximum Gasteiger partial charge on any atom is 0.242 e. The summed E-state index contributed by atoms with van der Waals surface area (Å²) >= 11 is 4.95. The third-order valence-corrected chi connectivity index (χ3v) is 3.45. The molecule has 1 aliphatic heterocycles. The lowest BCUT2D eigenvalue weighted by molar-refractivity contribution is -0.133. The van der Waals surface area contributed by atoms with Crippen molar-refractivity contribution in [2.45, 2.75) is 6.54 Å². The van der Waals surface area contributed by atoms with E-state index in [1.54, 1.807) is 0 Å². The summed E-state index contributed by atoms with van der Waals surface area (Å²) < 4.78 is 1.81. The average molecular weight is 266 g/mol. The number of nitrogens with zero attached hydrogens (tertiary/aromatic N) is 3. The van der Waals surface area contributed by atoms with E-state index in [1.807, 2.05) is 27.8 Å². The Kier molecular flexibility index (Phi) is 3.98. The molecular formula is C12H18N4OS. The van der Waals surface area contributed by atoms with Crippen LogP contribution in [0.1, 0.15) is 5.69 Å². The lowest BCUT2D eigenvalue weighted by Crippen LogP contribution is -2.48. The molecule has 1 fully saturated rings. The molecule has 18 heavy (non-hydrogen) atoms. The number of carbonyl (C=O) groups is 1. The van der Waals surface area contributed by atoms with Crippen LogP contribution in [0.5, 0.6) is 0 Å². The van der Waals surface area contributed by atoms with Crippen LogP contribution in [-0.2, 0) is 11.3 Å². The van der Waals surface area contributed by atoms with E-state index in [2.05, 4.69) is 11.9 Å². The van der Waals surface area contributed by atoms with Crippen LogP contribution in [0.25, 0.3) is 0 Å². The zero-order valence-electron chi connectivity index (χ0n) is 10.5. The van der Waals surface area contributed by atoms with Crippen molar-refractivity contribution in [3.05, 3.63) is 24.0 Å². The molecular weight excluding hydrogens is 248 g/mol. The fourth-order valence-corrected chi connectivity index (χ4v) is 2.26. The standard InChI is InChI=1S/C12H18N4OS/c1-14-5-7-15(8-6-14)11(17)9-16-4-2-3-10(16)12(13)18/h2-4H,5-9H2,1H3,(H2,13,18). The molecule has 0 aromatic carbocycles. The van der Waals surface area contributed by atoms with Crippen LogP contribution < -0.4 is 5.73 Å². The second-order valence-corrected chi connectivity index (χ2v) is 5.01. The number of amides is 1. The van der Waals surface area contributed by atoms with Gasteiger partial charge >= 0.3 is 0 Å². The molecule has 2 N–H and O–H groups in total. The van der Waals surface area contributed by atoms with E-state index in [4.69, 9.17) is 18.0 Å². The van der Waals surface area contributed by atoms with E-state index < -0.39 is 0 Å². The number of aromatic nitrogens is 1. The molecule has 1 aliphatic rings. The Bertz CT molecular complexity index is 449. The molecule has 5 nitrogen and oxygen atoms in total. The molecule has 0 aliphatic carbocycles. The maximum atomic E-state index is 12.1. The third-order valence-electron chi connectivity index (χ3n) is 3.24. The number of carbonyl (C=O) groups excluding carboxylic acids is 1. The molecule has 0 radical (unpaired) electrons. The SMILES string of the molecule is CN1CCN(C(=O)Cn2cccc2C(N)=S)CC1. The molecule has 0 spiro atoms. The first kappa shape index (κ1) is 13.0. The summed E-state index contributed by atoms with van der Waals surface area (Å²) in [7, 11) is 2.07. The summed E-state index contributed by atoms with van der Waals surface area (Å²) in [5, 5.41) is 0. The first-order valence-electron chi connectivity index (χ1n) is 5.99. The summed E-state index contributed by atoms with van der Waals surface area (Å²) in [6.07, 6.45) is 1.84. The molecule has 0 bridgehead atoms. The van der Waals surface area contributed by atoms with Crippen LogP contribution in [0, 0.1) is 0 Å². The van der Waals surface area contributed by atoms with Crippen molar-refractivity contribution >= 4 is 23.1 Å². The number of hydrogen-bond acceptors (Lipinski definition) is 3. The largest absolute Gasteiger partial charge is 0.388 e. The van der Waals surface area contributed by atoms with Gasteiger partial charge in [-0.15, -0.1) is 0 Å². The van der Waals surface area contributed by atoms with Gasteiger partial charge in [0.1, 0.15) is 11.5 Å². The minimum absolute atomic E-state index is 0.122. The highest BCUT2D eigenvalue weighted by atomic mass is 32.1. The molecule has 0 unspecified atom stereocenters. The highest BCUT2D eigenvalue weighted by molar-refractivity contribution is 7.80. The highest BCUT2D eigenvalue weighted by Gasteiger charge is 2.19. The first-order valence-corrected chi connectivity index (χ1v) is 6.40. The van der Waals surface area contributed by atoms with Crippen molar-refractivity contribution in [3.8, 4) is 0 Å². The van der Waals surface area contributed by atoms with Gasteiger partial charge < -0.3 is 20.1 Å². The molecule has 0 saturated carbocycles. The normalized spacial score (nSPS) is 16.8. The van der Waals surface area contributed by atoms with E-state index in [0.29, 0.717) is 11.5 Å². The fraction of sp³-hybridized carbons (Fsp3) is 0.500. The Hall–Kier alpha value is -1.40. The monoisotopic (exact) mass is 266 g/mol. The van der Waals surface area contributed by atoms with Crippen LogP contribution in [0.15, 0.2) is 18.3 Å². The Balaban J connectivity index is 1.98. The predicted octanol–water partition coefficient (Wildman–Crippen LogP) is -0.104. The zero-order valence-corrected chi connectivity index (χ0v) is 11.3. The molecule has 6 heteroatoms. The smallest absolute Gasteiger partial charge is 0.242 e. The number of rotatable bonds is 3. The summed E-state index contributed by atoms with van der Waals surface area (Å²) in [5.74, 6) is 0.122. The molecule has 1 saturated heterocycles. The van der Waals surface area contributed by atoms with E-state index >= 15 is 0 Å². The minimum Gasteiger partial charge on any atom is -0.388 e. The molecule has 2 heterocycles. The van der Waals surface area contributed by atoms with Gasteiger partial charge in [-0.2, -0.15) is 0 Å². The lowest BCUT2D eigenvalue weighted by Gasteiger charge is -2.32. The Labute approximate surface area is 112 Å². The van der Waals surface area contributed by atoms with Crippen molar-refractivity contribution < 1.29 is 4.79 Å². The van der Waals surface area contributed by atoms with Crippen molar-refractivity contribution in [3.63, 3.8) is 0 Å². The van der Waals surface area contributed by atoms with E-state index in [1.165, 1.54) is 0 Å². The highest BCUT2D eigenvalue weighted by Crippen LogP contribution is 2.05. The number of hydrogen-bond donors (Lipinski definition) is 1. The van der Waals surface area contributed by atoms with Gasteiger partial charge in [-0.25, -0.2) is 0 Å². The third kappa shape index (κ3) is 2.88. The first-order chi connectivity index (χ1) is 8.58. The van der Waals surface area contributed by atoms with E-state index in [-0.39, 0.29) is 5.91 Å². The van der Waals surface area contributed by atoms with Crippen LogP contribution >= 0.6 is 12.2 Å². The molecule has 2 rings (SSSR count). The number of piperazine rings is 1. The van der Waals surface area contributed by atoms with Gasteiger partial charge in [0.05, 0.1) is 5.69 Å². The molecule has 1 aromatic heterocycles. The van der Waals surface area contributed by atoms with Gasteiger partial charge in [0, 0.05) is 32.4 Å². The maximum absolute atomic E-state index is 12.1. The minimum atomic E-state index is 0.122. The van der Waals surface area contributed by atoms with Gasteiger partial charge in [0.15, 0.2) is 0 Å². The quantitative estimate of drug-likeness (QED) is 0.776. The van der Waals surface area contributed by atoms with Gasteiger partial charge in [-0.3, -0.25) is 4.79 Å². The van der Waals surface area contributed by atoms with Gasteiger partial charge in [0.25, 0.3) is 0 Å². The average Bonchev–Trinajstić information content (AvgIpc) is 2.78. The number of likely N-dealkylation sites (N-methyl/N-ethyl adjacent to an activating group) is 1. The van der Waals surface area contributed by atoms with Gasteiger partial charge in [-0.05, 0) is 19.2 Å². The predicted molar refractivity (Wildman–Crippen MR) is 74.4 cm³/mol. The lowest BCUT2D eigenvalue weighted by atomic mass is 10.3. The second-order valence-electron chi connectivity index (χ2n) is 4.57. The second kappa shape index (κ2) is 5.49.